The topological polar surface area (TPSA) is 52.2 Å². The van der Waals surface area contributed by atoms with Crippen LogP contribution in [0.3, 0.4) is 0 Å². The molecule has 0 aliphatic heterocycles. The number of rotatable bonds is 3. The molecule has 0 amide bonds. The van der Waals surface area contributed by atoms with Crippen molar-refractivity contribution in [3.8, 4) is 0 Å². The van der Waals surface area contributed by atoms with Gasteiger partial charge in [-0.15, -0.1) is 0 Å². The molecule has 0 bridgehead atoms. The summed E-state index contributed by atoms with van der Waals surface area (Å²) in [5.74, 6) is 0. The second kappa shape index (κ2) is 6.62. The molecule has 0 unspecified atom stereocenters. The average molecular weight is 322 g/mol. The molecule has 3 N–H and O–H groups in total. The number of benzene rings is 2. The van der Waals surface area contributed by atoms with Crippen molar-refractivity contribution >= 4 is 40.1 Å². The number of anilines is 1. The van der Waals surface area contributed by atoms with Gasteiger partial charge in [-0.1, -0.05) is 36.4 Å². The first kappa shape index (κ1) is 15.2. The van der Waals surface area contributed by atoms with E-state index in [2.05, 4.69) is 26.9 Å². The molecule has 116 valence electrons. The maximum atomic E-state index is 5.30. The van der Waals surface area contributed by atoms with Crippen LogP contribution in [-0.4, -0.2) is 16.3 Å². The van der Waals surface area contributed by atoms with Gasteiger partial charge in [0.2, 0.25) is 0 Å². The Kier molecular flexibility index (Phi) is 4.39. The summed E-state index contributed by atoms with van der Waals surface area (Å²) in [6, 6.07) is 14.2. The van der Waals surface area contributed by atoms with Gasteiger partial charge >= 0.3 is 0 Å². The standard InChI is InChI=1S/C18H18N4S/c1-12-6-5-7-13(2)17(12)21-18(23)22-20-11-14-10-19-16-9-4-3-8-15(14)16/h3-11,19H,1-2H3,(H2,21,22,23)/b20-11+. The number of para-hydroxylation sites is 2. The molecule has 0 aliphatic rings. The Labute approximate surface area is 140 Å². The number of aryl methyl sites for hydroxylation is 2. The largest absolute Gasteiger partial charge is 0.361 e. The number of hydrogen-bond acceptors (Lipinski definition) is 2. The van der Waals surface area contributed by atoms with Gasteiger partial charge in [0.15, 0.2) is 5.11 Å². The lowest BCUT2D eigenvalue weighted by atomic mass is 10.1. The van der Waals surface area contributed by atoms with E-state index in [1.54, 1.807) is 6.21 Å². The monoisotopic (exact) mass is 322 g/mol. The van der Waals surface area contributed by atoms with Crippen LogP contribution in [0.25, 0.3) is 10.9 Å². The molecule has 0 atom stereocenters. The molecule has 5 heteroatoms. The van der Waals surface area contributed by atoms with Gasteiger partial charge in [0.05, 0.1) is 6.21 Å². The molecule has 3 rings (SSSR count). The van der Waals surface area contributed by atoms with Gasteiger partial charge in [-0.2, -0.15) is 5.10 Å². The Morgan fingerprint density at radius 1 is 1.09 bits per heavy atom. The third kappa shape index (κ3) is 3.40. The summed E-state index contributed by atoms with van der Waals surface area (Å²) in [6.45, 7) is 4.10. The molecule has 4 nitrogen and oxygen atoms in total. The number of nitrogens with zero attached hydrogens (tertiary/aromatic N) is 1. The normalized spacial score (nSPS) is 11.0. The lowest BCUT2D eigenvalue weighted by Crippen LogP contribution is -2.24. The number of fused-ring (bicyclic) bond motifs is 1. The van der Waals surface area contributed by atoms with Gasteiger partial charge < -0.3 is 10.3 Å². The van der Waals surface area contributed by atoms with E-state index in [-0.39, 0.29) is 0 Å². The molecular formula is C18H18N4S. The number of H-pyrrole nitrogens is 1. The van der Waals surface area contributed by atoms with Crippen LogP contribution in [0.1, 0.15) is 16.7 Å². The summed E-state index contributed by atoms with van der Waals surface area (Å²) in [7, 11) is 0. The predicted octanol–water partition coefficient (Wildman–Crippen LogP) is 4.11. The van der Waals surface area contributed by atoms with Gasteiger partial charge in [0.25, 0.3) is 0 Å². The van der Waals surface area contributed by atoms with Crippen molar-refractivity contribution in [2.24, 2.45) is 5.10 Å². The number of nitrogens with one attached hydrogen (secondary N) is 3. The van der Waals surface area contributed by atoms with E-state index in [0.29, 0.717) is 5.11 Å². The van der Waals surface area contributed by atoms with Crippen LogP contribution in [0.15, 0.2) is 53.8 Å². The predicted molar refractivity (Wildman–Crippen MR) is 101 cm³/mol. The van der Waals surface area contributed by atoms with Crippen LogP contribution in [0.5, 0.6) is 0 Å². The molecule has 0 saturated heterocycles. The van der Waals surface area contributed by atoms with Crippen LogP contribution >= 0.6 is 12.2 Å². The fourth-order valence-corrected chi connectivity index (χ4v) is 2.67. The molecule has 0 radical (unpaired) electrons. The van der Waals surface area contributed by atoms with Crippen LogP contribution < -0.4 is 10.7 Å². The minimum Gasteiger partial charge on any atom is -0.361 e. The first-order valence-corrected chi connectivity index (χ1v) is 7.78. The van der Waals surface area contributed by atoms with Gasteiger partial charge in [-0.3, -0.25) is 5.43 Å². The van der Waals surface area contributed by atoms with Crippen LogP contribution in [0, 0.1) is 13.8 Å². The fraction of sp³-hybridized carbons (Fsp3) is 0.111. The van der Waals surface area contributed by atoms with E-state index >= 15 is 0 Å². The molecule has 23 heavy (non-hydrogen) atoms. The Hall–Kier alpha value is -2.66. The molecule has 0 fully saturated rings. The van der Waals surface area contributed by atoms with Crippen molar-refractivity contribution in [3.05, 3.63) is 65.4 Å². The SMILES string of the molecule is Cc1cccc(C)c1NC(=S)N/N=C/c1c[nH]c2ccccc12. The van der Waals surface area contributed by atoms with Gasteiger partial charge in [-0.25, -0.2) is 0 Å². The molecule has 0 spiro atoms. The second-order valence-corrected chi connectivity index (χ2v) is 5.79. The number of hydrazone groups is 1. The van der Waals surface area contributed by atoms with Crippen molar-refractivity contribution in [2.45, 2.75) is 13.8 Å². The number of thiocarbonyl (C=S) groups is 1. The summed E-state index contributed by atoms with van der Waals surface area (Å²) in [5, 5.41) is 9.02. The Morgan fingerprint density at radius 2 is 1.83 bits per heavy atom. The molecule has 1 heterocycles. The van der Waals surface area contributed by atoms with E-state index in [9.17, 15) is 0 Å². The highest BCUT2D eigenvalue weighted by Crippen LogP contribution is 2.19. The highest BCUT2D eigenvalue weighted by Gasteiger charge is 2.03. The minimum absolute atomic E-state index is 0.471. The van der Waals surface area contributed by atoms with Crippen molar-refractivity contribution in [1.29, 1.82) is 0 Å². The molecule has 0 aliphatic carbocycles. The molecule has 1 aromatic heterocycles. The maximum absolute atomic E-state index is 5.30. The lowest BCUT2D eigenvalue weighted by molar-refractivity contribution is 1.05. The Balaban J connectivity index is 1.67. The Morgan fingerprint density at radius 3 is 2.61 bits per heavy atom. The van der Waals surface area contributed by atoms with Crippen molar-refractivity contribution in [3.63, 3.8) is 0 Å². The lowest BCUT2D eigenvalue weighted by Gasteiger charge is -2.12. The first-order valence-electron chi connectivity index (χ1n) is 7.37. The molecular weight excluding hydrogens is 304 g/mol. The fourth-order valence-electron chi connectivity index (χ4n) is 2.51. The summed E-state index contributed by atoms with van der Waals surface area (Å²) in [4.78, 5) is 3.21. The minimum atomic E-state index is 0.471. The van der Waals surface area contributed by atoms with Crippen molar-refractivity contribution in [1.82, 2.24) is 10.4 Å². The van der Waals surface area contributed by atoms with Crippen molar-refractivity contribution in [2.75, 3.05) is 5.32 Å². The highest BCUT2D eigenvalue weighted by atomic mass is 32.1. The second-order valence-electron chi connectivity index (χ2n) is 5.38. The van der Waals surface area contributed by atoms with Crippen LogP contribution in [-0.2, 0) is 0 Å². The summed E-state index contributed by atoms with van der Waals surface area (Å²) < 4.78 is 0. The van der Waals surface area contributed by atoms with E-state index in [1.165, 1.54) is 0 Å². The Bertz CT molecular complexity index is 859. The molecule has 2 aromatic carbocycles. The van der Waals surface area contributed by atoms with Crippen molar-refractivity contribution < 1.29 is 0 Å². The summed E-state index contributed by atoms with van der Waals surface area (Å²) >= 11 is 5.30. The smallest absolute Gasteiger partial charge is 0.191 e. The average Bonchev–Trinajstić information content (AvgIpc) is 2.95. The number of aromatic amines is 1. The zero-order chi connectivity index (χ0) is 16.2. The van der Waals surface area contributed by atoms with E-state index in [4.69, 9.17) is 12.2 Å². The van der Waals surface area contributed by atoms with Gasteiger partial charge in [-0.05, 0) is 43.3 Å². The zero-order valence-corrected chi connectivity index (χ0v) is 13.9. The molecule has 0 saturated carbocycles. The van der Waals surface area contributed by atoms with E-state index < -0.39 is 0 Å². The highest BCUT2D eigenvalue weighted by molar-refractivity contribution is 7.80. The first-order chi connectivity index (χ1) is 11.1. The summed E-state index contributed by atoms with van der Waals surface area (Å²) in [6.07, 6.45) is 3.69. The van der Waals surface area contributed by atoms with Gasteiger partial charge in [0, 0.05) is 28.4 Å². The van der Waals surface area contributed by atoms with Crippen LogP contribution in [0.4, 0.5) is 5.69 Å². The number of aromatic nitrogens is 1. The summed E-state index contributed by atoms with van der Waals surface area (Å²) in [5.41, 5.74) is 8.29. The zero-order valence-electron chi connectivity index (χ0n) is 13.1. The van der Waals surface area contributed by atoms with Crippen LogP contribution in [0.2, 0.25) is 0 Å². The third-order valence-electron chi connectivity index (χ3n) is 3.71. The number of hydrogen-bond donors (Lipinski definition) is 3. The van der Waals surface area contributed by atoms with E-state index in [1.807, 2.05) is 56.4 Å². The van der Waals surface area contributed by atoms with E-state index in [0.717, 1.165) is 33.3 Å². The maximum Gasteiger partial charge on any atom is 0.191 e. The quantitative estimate of drug-likeness (QED) is 0.386. The third-order valence-corrected chi connectivity index (χ3v) is 3.90. The molecule has 3 aromatic rings. The van der Waals surface area contributed by atoms with Gasteiger partial charge in [0.1, 0.15) is 0 Å².